The van der Waals surface area contributed by atoms with E-state index in [9.17, 15) is 0 Å². The van der Waals surface area contributed by atoms with Crippen LogP contribution >= 0.6 is 0 Å². The molecule has 2 saturated heterocycles. The van der Waals surface area contributed by atoms with E-state index in [4.69, 9.17) is 29.9 Å². The molecule has 3 aliphatic rings. The molecule has 198 valence electrons. The lowest BCUT2D eigenvalue weighted by Crippen LogP contribution is -2.50. The third-order valence-corrected chi connectivity index (χ3v) is 8.46. The van der Waals surface area contributed by atoms with E-state index in [0.29, 0.717) is 29.5 Å². The third-order valence-electron chi connectivity index (χ3n) is 8.46. The summed E-state index contributed by atoms with van der Waals surface area (Å²) < 4.78 is 11.1. The average molecular weight is 517 g/mol. The second kappa shape index (κ2) is 8.98. The number of nitrogens with one attached hydrogen (secondary N) is 1. The van der Waals surface area contributed by atoms with Crippen molar-refractivity contribution in [2.45, 2.75) is 58.1 Å². The van der Waals surface area contributed by atoms with E-state index < -0.39 is 0 Å². The number of rotatable bonds is 4. The predicted molar refractivity (Wildman–Crippen MR) is 141 cm³/mol. The molecular weight excluding hydrogens is 484 g/mol. The van der Waals surface area contributed by atoms with Crippen LogP contribution in [-0.2, 0) is 17.6 Å². The SMILES string of the molecule is CCc1nc(-c2ccc3c(n2)CCCN3c2n[nH]c3nc(N4CCC5(CC4)CO[C@@H](C)[C@H]5N)cnc23)no1. The number of anilines is 3. The van der Waals surface area contributed by atoms with Crippen LogP contribution in [0, 0.1) is 5.41 Å². The Hall–Kier alpha value is -3.64. The first kappa shape index (κ1) is 23.5. The van der Waals surface area contributed by atoms with E-state index >= 15 is 0 Å². The number of aryl methyl sites for hydroxylation is 2. The minimum Gasteiger partial charge on any atom is -0.376 e. The van der Waals surface area contributed by atoms with Gasteiger partial charge in [0.05, 0.1) is 30.3 Å². The van der Waals surface area contributed by atoms with Crippen molar-refractivity contribution >= 4 is 28.5 Å². The highest BCUT2D eigenvalue weighted by molar-refractivity contribution is 5.87. The minimum atomic E-state index is 0.0756. The number of hydrogen-bond donors (Lipinski definition) is 2. The molecule has 7 rings (SSSR count). The van der Waals surface area contributed by atoms with E-state index in [0.717, 1.165) is 80.5 Å². The largest absolute Gasteiger partial charge is 0.376 e. The summed E-state index contributed by atoms with van der Waals surface area (Å²) in [6.07, 6.45) is 6.50. The second-order valence-electron chi connectivity index (χ2n) is 10.6. The molecule has 0 amide bonds. The third kappa shape index (κ3) is 3.73. The maximum atomic E-state index is 6.49. The zero-order chi connectivity index (χ0) is 25.9. The summed E-state index contributed by atoms with van der Waals surface area (Å²) in [5.74, 6) is 2.76. The molecular formula is C26H32N10O2. The van der Waals surface area contributed by atoms with Crippen LogP contribution in [0.15, 0.2) is 22.9 Å². The Morgan fingerprint density at radius 2 is 2.03 bits per heavy atom. The zero-order valence-corrected chi connectivity index (χ0v) is 21.7. The number of pyridine rings is 1. The Balaban J connectivity index is 1.13. The summed E-state index contributed by atoms with van der Waals surface area (Å²) >= 11 is 0. The van der Waals surface area contributed by atoms with Gasteiger partial charge in [-0.2, -0.15) is 10.1 Å². The molecule has 4 aromatic rings. The van der Waals surface area contributed by atoms with Crippen LogP contribution in [-0.4, -0.2) is 73.7 Å². The molecule has 0 radical (unpaired) electrons. The summed E-state index contributed by atoms with van der Waals surface area (Å²) in [7, 11) is 0. The number of aromatic amines is 1. The van der Waals surface area contributed by atoms with Gasteiger partial charge in [-0.3, -0.25) is 5.10 Å². The molecule has 2 fully saturated rings. The average Bonchev–Trinajstić information content (AvgIpc) is 3.68. The van der Waals surface area contributed by atoms with E-state index in [-0.39, 0.29) is 17.6 Å². The number of fused-ring (bicyclic) bond motifs is 2. The van der Waals surface area contributed by atoms with Gasteiger partial charge in [-0.1, -0.05) is 12.1 Å². The van der Waals surface area contributed by atoms with Crippen molar-refractivity contribution in [3.63, 3.8) is 0 Å². The Bertz CT molecular complexity index is 1470. The highest BCUT2D eigenvalue weighted by Crippen LogP contribution is 2.42. The molecule has 0 aliphatic carbocycles. The fourth-order valence-electron chi connectivity index (χ4n) is 6.07. The van der Waals surface area contributed by atoms with Crippen LogP contribution in [0.25, 0.3) is 22.7 Å². The van der Waals surface area contributed by atoms with E-state index in [1.165, 1.54) is 0 Å². The Kier molecular flexibility index (Phi) is 5.55. The first-order chi connectivity index (χ1) is 18.5. The molecule has 4 aromatic heterocycles. The van der Waals surface area contributed by atoms with Crippen LogP contribution in [0.5, 0.6) is 0 Å². The molecule has 38 heavy (non-hydrogen) atoms. The summed E-state index contributed by atoms with van der Waals surface area (Å²) in [5.41, 5.74) is 10.7. The Labute approximate surface area is 220 Å². The number of nitrogens with two attached hydrogens (primary N) is 1. The van der Waals surface area contributed by atoms with Crippen LogP contribution < -0.4 is 15.5 Å². The molecule has 1 spiro atoms. The number of aromatic nitrogens is 7. The second-order valence-corrected chi connectivity index (χ2v) is 10.6. The molecule has 12 nitrogen and oxygen atoms in total. The molecule has 0 unspecified atom stereocenters. The van der Waals surface area contributed by atoms with Gasteiger partial charge >= 0.3 is 0 Å². The number of ether oxygens (including phenoxy) is 1. The maximum absolute atomic E-state index is 6.49. The molecule has 0 bridgehead atoms. The van der Waals surface area contributed by atoms with Crippen molar-refractivity contribution in [1.29, 1.82) is 0 Å². The lowest BCUT2D eigenvalue weighted by Gasteiger charge is -2.41. The van der Waals surface area contributed by atoms with Gasteiger partial charge < -0.3 is 24.8 Å². The van der Waals surface area contributed by atoms with Crippen molar-refractivity contribution in [1.82, 2.24) is 35.3 Å². The molecule has 0 saturated carbocycles. The van der Waals surface area contributed by atoms with Crippen LogP contribution in [0.4, 0.5) is 17.3 Å². The first-order valence-corrected chi connectivity index (χ1v) is 13.5. The standard InChI is InChI=1S/C26H32N10O2/c1-3-20-31-23(34-38-20)17-6-7-18-16(29-17)5-4-10-36(18)25-21-24(32-33-25)30-19(13-28-21)35-11-8-26(9-12-35)14-37-15(2)22(26)27/h6-7,13,15,22H,3-5,8-12,14,27H2,1-2H3,(H,30,32,33)/t15-,22+/m0/s1. The van der Waals surface area contributed by atoms with E-state index in [2.05, 4.69) is 43.1 Å². The lowest BCUT2D eigenvalue weighted by molar-refractivity contribution is 0.0974. The smallest absolute Gasteiger partial charge is 0.226 e. The summed E-state index contributed by atoms with van der Waals surface area (Å²) in [5, 5.41) is 11.8. The molecule has 7 heterocycles. The molecule has 0 aromatic carbocycles. The van der Waals surface area contributed by atoms with E-state index in [1.807, 2.05) is 19.2 Å². The molecule has 12 heteroatoms. The van der Waals surface area contributed by atoms with Crippen LogP contribution in [0.3, 0.4) is 0 Å². The van der Waals surface area contributed by atoms with Gasteiger partial charge in [-0.05, 0) is 44.7 Å². The molecule has 3 N–H and O–H groups in total. The van der Waals surface area contributed by atoms with E-state index in [1.54, 1.807) is 0 Å². The van der Waals surface area contributed by atoms with Crippen molar-refractivity contribution in [2.75, 3.05) is 36.0 Å². The number of hydrogen-bond acceptors (Lipinski definition) is 11. The lowest BCUT2D eigenvalue weighted by atomic mass is 9.73. The van der Waals surface area contributed by atoms with Crippen molar-refractivity contribution in [3.05, 3.63) is 29.9 Å². The number of piperidine rings is 1. The predicted octanol–water partition coefficient (Wildman–Crippen LogP) is 2.78. The van der Waals surface area contributed by atoms with Crippen LogP contribution in [0.2, 0.25) is 0 Å². The zero-order valence-electron chi connectivity index (χ0n) is 21.7. The summed E-state index contributed by atoms with van der Waals surface area (Å²) in [4.78, 5) is 23.5. The van der Waals surface area contributed by atoms with Crippen LogP contribution in [0.1, 0.15) is 44.7 Å². The monoisotopic (exact) mass is 516 g/mol. The first-order valence-electron chi connectivity index (χ1n) is 13.5. The topological polar surface area (TPSA) is 148 Å². The van der Waals surface area contributed by atoms with Gasteiger partial charge in [0, 0.05) is 37.5 Å². The van der Waals surface area contributed by atoms with Gasteiger partial charge in [0.1, 0.15) is 11.5 Å². The van der Waals surface area contributed by atoms with Crippen molar-refractivity contribution < 1.29 is 9.26 Å². The van der Waals surface area contributed by atoms with Crippen molar-refractivity contribution in [2.24, 2.45) is 11.1 Å². The number of nitrogens with zero attached hydrogens (tertiary/aromatic N) is 8. The molecule has 2 atom stereocenters. The van der Waals surface area contributed by atoms with Gasteiger partial charge in [-0.25, -0.2) is 15.0 Å². The van der Waals surface area contributed by atoms with Gasteiger partial charge in [0.15, 0.2) is 17.0 Å². The van der Waals surface area contributed by atoms with Gasteiger partial charge in [-0.15, -0.1) is 0 Å². The Morgan fingerprint density at radius 3 is 2.79 bits per heavy atom. The summed E-state index contributed by atoms with van der Waals surface area (Å²) in [6.45, 7) is 7.41. The Morgan fingerprint density at radius 1 is 1.16 bits per heavy atom. The van der Waals surface area contributed by atoms with Gasteiger partial charge in [0.2, 0.25) is 11.7 Å². The van der Waals surface area contributed by atoms with Gasteiger partial charge in [0.25, 0.3) is 0 Å². The normalized spacial score (nSPS) is 22.9. The van der Waals surface area contributed by atoms with Crippen molar-refractivity contribution in [3.8, 4) is 11.5 Å². The molecule has 3 aliphatic heterocycles. The maximum Gasteiger partial charge on any atom is 0.226 e. The highest BCUT2D eigenvalue weighted by atomic mass is 16.5. The summed E-state index contributed by atoms with van der Waals surface area (Å²) in [6, 6.07) is 4.08. The fraction of sp³-hybridized carbons (Fsp3) is 0.538. The fourth-order valence-corrected chi connectivity index (χ4v) is 6.07. The highest BCUT2D eigenvalue weighted by Gasteiger charge is 2.47. The minimum absolute atomic E-state index is 0.0756. The number of H-pyrrole nitrogens is 1. The quantitative estimate of drug-likeness (QED) is 0.412.